The van der Waals surface area contributed by atoms with Crippen LogP contribution in [0.4, 0.5) is 0 Å². The van der Waals surface area contributed by atoms with Gasteiger partial charge in [0.05, 0.1) is 13.0 Å². The number of benzene rings is 1. The first-order valence-corrected chi connectivity index (χ1v) is 8.59. The summed E-state index contributed by atoms with van der Waals surface area (Å²) in [7, 11) is 0.861. The molecule has 6 heteroatoms. The summed E-state index contributed by atoms with van der Waals surface area (Å²) in [6.45, 7) is 1.59. The normalized spacial score (nSPS) is 22.3. The minimum Gasteiger partial charge on any atom is -0.497 e. The fraction of sp³-hybridized carbons (Fsp3) is 0.533. The van der Waals surface area contributed by atoms with Crippen LogP contribution in [-0.2, 0) is 22.0 Å². The molecule has 0 radical (unpaired) electrons. The second-order valence-corrected chi connectivity index (χ2v) is 7.06. The number of hydrogen-bond acceptors (Lipinski definition) is 4. The lowest BCUT2D eigenvalue weighted by molar-refractivity contribution is -0.136. The Morgan fingerprint density at radius 1 is 1.38 bits per heavy atom. The van der Waals surface area contributed by atoms with E-state index in [0.29, 0.717) is 37.6 Å². The van der Waals surface area contributed by atoms with Gasteiger partial charge in [-0.1, -0.05) is 6.07 Å². The van der Waals surface area contributed by atoms with Gasteiger partial charge in [0.2, 0.25) is 5.91 Å². The van der Waals surface area contributed by atoms with E-state index < -0.39 is 10.8 Å². The molecule has 1 aromatic rings. The second kappa shape index (κ2) is 6.05. The van der Waals surface area contributed by atoms with Crippen molar-refractivity contribution < 1.29 is 18.5 Å². The molecule has 3 rings (SSSR count). The summed E-state index contributed by atoms with van der Waals surface area (Å²) in [6, 6.07) is 5.71. The average molecular weight is 309 g/mol. The lowest BCUT2D eigenvalue weighted by Crippen LogP contribution is -2.46. The van der Waals surface area contributed by atoms with Gasteiger partial charge < -0.3 is 14.4 Å². The number of ether oxygens (including phenoxy) is 2. The van der Waals surface area contributed by atoms with Crippen LogP contribution in [0, 0.1) is 5.92 Å². The Kier molecular flexibility index (Phi) is 4.14. The number of methoxy groups -OCH3 is 1. The molecular formula is C15H19NO4S. The van der Waals surface area contributed by atoms with Crippen LogP contribution in [-0.4, -0.2) is 53.3 Å². The van der Waals surface area contributed by atoms with Crippen LogP contribution in [0.25, 0.3) is 0 Å². The fourth-order valence-corrected chi connectivity index (χ4v) is 3.81. The van der Waals surface area contributed by atoms with Gasteiger partial charge in [-0.3, -0.25) is 9.00 Å². The quantitative estimate of drug-likeness (QED) is 0.812. The van der Waals surface area contributed by atoms with Gasteiger partial charge in [-0.25, -0.2) is 0 Å². The molecule has 0 saturated carbocycles. The molecule has 0 N–H and O–H groups in total. The molecule has 2 heterocycles. The smallest absolute Gasteiger partial charge is 0.229 e. The van der Waals surface area contributed by atoms with Crippen molar-refractivity contribution in [2.45, 2.75) is 6.42 Å². The van der Waals surface area contributed by atoms with Crippen LogP contribution in [0.2, 0.25) is 0 Å². The van der Waals surface area contributed by atoms with Gasteiger partial charge in [0, 0.05) is 41.5 Å². The van der Waals surface area contributed by atoms with E-state index >= 15 is 0 Å². The predicted molar refractivity (Wildman–Crippen MR) is 80.1 cm³/mol. The average Bonchev–Trinajstić information content (AvgIpc) is 2.54. The Balaban J connectivity index is 1.68. The van der Waals surface area contributed by atoms with Gasteiger partial charge >= 0.3 is 0 Å². The Hall–Kier alpha value is -1.56. The van der Waals surface area contributed by atoms with Crippen molar-refractivity contribution in [2.75, 3.05) is 38.3 Å². The highest BCUT2D eigenvalue weighted by Gasteiger charge is 2.31. The topological polar surface area (TPSA) is 55.8 Å². The minimum absolute atomic E-state index is 0.119. The van der Waals surface area contributed by atoms with Crippen LogP contribution in [0.15, 0.2) is 18.2 Å². The van der Waals surface area contributed by atoms with Crippen molar-refractivity contribution in [3.8, 4) is 11.5 Å². The summed E-state index contributed by atoms with van der Waals surface area (Å²) in [5, 5.41) is 0. The molecule has 2 aliphatic heterocycles. The van der Waals surface area contributed by atoms with Gasteiger partial charge in [0.15, 0.2) is 0 Å². The highest BCUT2D eigenvalue weighted by Crippen LogP contribution is 2.31. The zero-order valence-electron chi connectivity index (χ0n) is 12.0. The largest absolute Gasteiger partial charge is 0.497 e. The summed E-state index contributed by atoms with van der Waals surface area (Å²) in [6.07, 6.45) is 0.692. The fourth-order valence-electron chi connectivity index (χ4n) is 2.75. The maximum atomic E-state index is 12.5. The van der Waals surface area contributed by atoms with Crippen molar-refractivity contribution in [1.29, 1.82) is 0 Å². The summed E-state index contributed by atoms with van der Waals surface area (Å²) in [5.41, 5.74) is 1.04. The maximum absolute atomic E-state index is 12.5. The molecule has 0 bridgehead atoms. The minimum atomic E-state index is -0.761. The monoisotopic (exact) mass is 309 g/mol. The summed E-state index contributed by atoms with van der Waals surface area (Å²) < 4.78 is 22.3. The first-order chi connectivity index (χ1) is 10.2. The Labute approximate surface area is 126 Å². The number of rotatable bonds is 2. The van der Waals surface area contributed by atoms with E-state index in [1.165, 1.54) is 0 Å². The zero-order valence-corrected chi connectivity index (χ0v) is 12.9. The van der Waals surface area contributed by atoms with Crippen LogP contribution in [0.1, 0.15) is 5.56 Å². The lowest BCUT2D eigenvalue weighted by atomic mass is 9.95. The molecule has 0 aromatic heterocycles. The maximum Gasteiger partial charge on any atom is 0.229 e. The van der Waals surface area contributed by atoms with Gasteiger partial charge in [-0.15, -0.1) is 0 Å². The van der Waals surface area contributed by atoms with E-state index in [4.69, 9.17) is 9.47 Å². The molecule has 5 nitrogen and oxygen atoms in total. The second-order valence-electron chi connectivity index (χ2n) is 5.36. The predicted octanol–water partition coefficient (Wildman–Crippen LogP) is 0.837. The molecule has 21 heavy (non-hydrogen) atoms. The molecule has 1 saturated heterocycles. The van der Waals surface area contributed by atoms with Gasteiger partial charge in [-0.05, 0) is 18.1 Å². The molecule has 1 amide bonds. The summed E-state index contributed by atoms with van der Waals surface area (Å²) >= 11 is 0. The van der Waals surface area contributed by atoms with Crippen molar-refractivity contribution in [3.05, 3.63) is 23.8 Å². The van der Waals surface area contributed by atoms with Crippen molar-refractivity contribution >= 4 is 16.7 Å². The summed E-state index contributed by atoms with van der Waals surface area (Å²) in [4.78, 5) is 14.3. The number of nitrogens with zero attached hydrogens (tertiary/aromatic N) is 1. The molecular weight excluding hydrogens is 290 g/mol. The number of fused-ring (bicyclic) bond motifs is 1. The number of carbonyl (C=O) groups excluding carboxylic acids is 1. The molecule has 0 unspecified atom stereocenters. The van der Waals surface area contributed by atoms with Crippen molar-refractivity contribution in [2.24, 2.45) is 5.92 Å². The van der Waals surface area contributed by atoms with Gasteiger partial charge in [0.25, 0.3) is 0 Å². The third-order valence-corrected chi connectivity index (χ3v) is 5.30. The van der Waals surface area contributed by atoms with Crippen LogP contribution in [0.3, 0.4) is 0 Å². The SMILES string of the molecule is COc1ccc2c(c1)OC[C@H](C(=O)N1CCS(=O)CC1)C2. The first kappa shape index (κ1) is 14.4. The summed E-state index contributed by atoms with van der Waals surface area (Å²) in [5.74, 6) is 2.72. The standard InChI is InChI=1S/C15H19NO4S/c1-19-13-3-2-11-8-12(10-20-14(11)9-13)15(17)16-4-6-21(18)7-5-16/h2-3,9,12H,4-8,10H2,1H3/t12-/m1/s1. The molecule has 0 aliphatic carbocycles. The Bertz CT molecular complexity index is 565. The number of amides is 1. The first-order valence-electron chi connectivity index (χ1n) is 7.11. The Morgan fingerprint density at radius 2 is 2.14 bits per heavy atom. The lowest BCUT2D eigenvalue weighted by Gasteiger charge is -2.32. The third-order valence-electron chi connectivity index (χ3n) is 4.02. The van der Waals surface area contributed by atoms with Crippen LogP contribution in [0.5, 0.6) is 11.5 Å². The third kappa shape index (κ3) is 3.05. The Morgan fingerprint density at radius 3 is 2.86 bits per heavy atom. The molecule has 1 fully saturated rings. The molecule has 1 aromatic carbocycles. The van der Waals surface area contributed by atoms with E-state index in [0.717, 1.165) is 17.1 Å². The van der Waals surface area contributed by atoms with E-state index in [2.05, 4.69) is 0 Å². The van der Waals surface area contributed by atoms with Gasteiger partial charge in [-0.2, -0.15) is 0 Å². The highest BCUT2D eigenvalue weighted by molar-refractivity contribution is 7.85. The molecule has 1 atom stereocenters. The van der Waals surface area contributed by atoms with E-state index in [-0.39, 0.29) is 11.8 Å². The molecule has 114 valence electrons. The van der Waals surface area contributed by atoms with E-state index in [9.17, 15) is 9.00 Å². The highest BCUT2D eigenvalue weighted by atomic mass is 32.2. The van der Waals surface area contributed by atoms with E-state index in [1.807, 2.05) is 23.1 Å². The van der Waals surface area contributed by atoms with Crippen molar-refractivity contribution in [3.63, 3.8) is 0 Å². The molecule has 2 aliphatic rings. The van der Waals surface area contributed by atoms with Gasteiger partial charge in [0.1, 0.15) is 18.1 Å². The van der Waals surface area contributed by atoms with E-state index in [1.54, 1.807) is 7.11 Å². The van der Waals surface area contributed by atoms with Crippen LogP contribution < -0.4 is 9.47 Å². The van der Waals surface area contributed by atoms with Crippen LogP contribution >= 0.6 is 0 Å². The van der Waals surface area contributed by atoms with Crippen molar-refractivity contribution in [1.82, 2.24) is 4.90 Å². The molecule has 0 spiro atoms. The number of carbonyl (C=O) groups is 1. The zero-order chi connectivity index (χ0) is 14.8. The number of hydrogen-bond donors (Lipinski definition) is 0.